The van der Waals surface area contributed by atoms with Gasteiger partial charge < -0.3 is 9.67 Å². The summed E-state index contributed by atoms with van der Waals surface area (Å²) in [6.45, 7) is 4.86. The van der Waals surface area contributed by atoms with Crippen molar-refractivity contribution in [1.29, 1.82) is 0 Å². The van der Waals surface area contributed by atoms with Crippen LogP contribution in [0.3, 0.4) is 0 Å². The summed E-state index contributed by atoms with van der Waals surface area (Å²) in [5, 5.41) is 19.1. The topological polar surface area (TPSA) is 50.9 Å². The second-order valence-corrected chi connectivity index (χ2v) is 5.77. The molecule has 1 N–H and O–H groups in total. The van der Waals surface area contributed by atoms with Gasteiger partial charge in [0.1, 0.15) is 5.82 Å². The molecule has 0 aromatic carbocycles. The highest BCUT2D eigenvalue weighted by molar-refractivity contribution is 7.99. The molecule has 0 amide bonds. The monoisotopic (exact) mass is 241 g/mol. The van der Waals surface area contributed by atoms with Gasteiger partial charge in [0.15, 0.2) is 5.16 Å². The lowest BCUT2D eigenvalue weighted by molar-refractivity contribution is 0.196. The van der Waals surface area contributed by atoms with E-state index in [-0.39, 0.29) is 11.4 Å². The van der Waals surface area contributed by atoms with E-state index in [4.69, 9.17) is 0 Å². The maximum Gasteiger partial charge on any atom is 0.191 e. The van der Waals surface area contributed by atoms with Gasteiger partial charge >= 0.3 is 0 Å². The van der Waals surface area contributed by atoms with Crippen molar-refractivity contribution in [3.05, 3.63) is 5.82 Å². The third-order valence-electron chi connectivity index (χ3n) is 3.05. The average Bonchev–Trinajstić information content (AvgIpc) is 2.50. The summed E-state index contributed by atoms with van der Waals surface area (Å²) < 4.78 is 2.22. The second kappa shape index (κ2) is 5.19. The van der Waals surface area contributed by atoms with Crippen molar-refractivity contribution in [1.82, 2.24) is 14.8 Å². The van der Waals surface area contributed by atoms with Crippen LogP contribution < -0.4 is 0 Å². The van der Waals surface area contributed by atoms with E-state index in [0.29, 0.717) is 0 Å². The minimum Gasteiger partial charge on any atom is -0.392 e. The van der Waals surface area contributed by atoms with Gasteiger partial charge in [-0.15, -0.1) is 10.2 Å². The first kappa shape index (κ1) is 11.9. The van der Waals surface area contributed by atoms with E-state index in [2.05, 4.69) is 14.8 Å². The quantitative estimate of drug-likeness (QED) is 0.821. The lowest BCUT2D eigenvalue weighted by atomic mass is 10.2. The zero-order valence-corrected chi connectivity index (χ0v) is 10.7. The van der Waals surface area contributed by atoms with Crippen LogP contribution in [-0.4, -0.2) is 31.2 Å². The number of aryl methyl sites for hydroxylation is 1. The maximum atomic E-state index is 9.50. The molecule has 0 saturated heterocycles. The van der Waals surface area contributed by atoms with Crippen molar-refractivity contribution >= 4 is 11.8 Å². The van der Waals surface area contributed by atoms with E-state index in [9.17, 15) is 5.11 Å². The fraction of sp³-hybridized carbons (Fsp3) is 0.818. The Morgan fingerprint density at radius 3 is 2.81 bits per heavy atom. The zero-order valence-electron chi connectivity index (χ0n) is 9.89. The molecular weight excluding hydrogens is 222 g/mol. The van der Waals surface area contributed by atoms with Gasteiger partial charge in [-0.2, -0.15) is 0 Å². The summed E-state index contributed by atoms with van der Waals surface area (Å²) in [5.74, 6) is 1.11. The Balaban J connectivity index is 2.13. The van der Waals surface area contributed by atoms with Gasteiger partial charge in [0.25, 0.3) is 0 Å². The first-order valence-electron chi connectivity index (χ1n) is 5.95. The van der Waals surface area contributed by atoms with Crippen molar-refractivity contribution < 1.29 is 5.11 Å². The summed E-state index contributed by atoms with van der Waals surface area (Å²) in [6.07, 6.45) is 4.43. The molecule has 1 aromatic rings. The van der Waals surface area contributed by atoms with Gasteiger partial charge in [-0.3, -0.25) is 0 Å². The lowest BCUT2D eigenvalue weighted by Crippen LogP contribution is -2.16. The minimum atomic E-state index is -0.316. The first-order chi connectivity index (χ1) is 7.68. The molecule has 1 aliphatic heterocycles. The highest BCUT2D eigenvalue weighted by atomic mass is 32.2. The number of thioether (sulfide) groups is 1. The Bertz CT molecular complexity index is 351. The number of fused-ring (bicyclic) bond motifs is 1. The van der Waals surface area contributed by atoms with Gasteiger partial charge in [0, 0.05) is 18.2 Å². The lowest BCUT2D eigenvalue weighted by Gasteiger charge is -2.14. The number of aliphatic hydroxyl groups excluding tert-OH is 1. The van der Waals surface area contributed by atoms with E-state index < -0.39 is 0 Å². The molecule has 2 unspecified atom stereocenters. The molecule has 16 heavy (non-hydrogen) atoms. The highest BCUT2D eigenvalue weighted by Gasteiger charge is 2.18. The predicted octanol–water partition coefficient (Wildman–Crippen LogP) is 1.87. The molecule has 0 saturated carbocycles. The molecule has 2 atom stereocenters. The van der Waals surface area contributed by atoms with Crippen LogP contribution in [0, 0.1) is 0 Å². The molecule has 1 aliphatic rings. The van der Waals surface area contributed by atoms with Crippen molar-refractivity contribution in [2.45, 2.75) is 62.6 Å². The summed E-state index contributed by atoms with van der Waals surface area (Å²) in [4.78, 5) is 0. The van der Waals surface area contributed by atoms with Gasteiger partial charge in [-0.05, 0) is 19.8 Å². The van der Waals surface area contributed by atoms with E-state index in [1.165, 1.54) is 19.3 Å². The summed E-state index contributed by atoms with van der Waals surface area (Å²) in [5.41, 5.74) is 0. The van der Waals surface area contributed by atoms with Gasteiger partial charge in [-0.25, -0.2) is 0 Å². The van der Waals surface area contributed by atoms with Crippen LogP contribution in [0.25, 0.3) is 0 Å². The fourth-order valence-electron chi connectivity index (χ4n) is 1.81. The van der Waals surface area contributed by atoms with Crippen LogP contribution in [0.15, 0.2) is 5.16 Å². The van der Waals surface area contributed by atoms with Crippen molar-refractivity contribution in [3.63, 3.8) is 0 Å². The minimum absolute atomic E-state index is 0.163. The largest absolute Gasteiger partial charge is 0.392 e. The van der Waals surface area contributed by atoms with Crippen LogP contribution in [0.5, 0.6) is 0 Å². The van der Waals surface area contributed by atoms with Gasteiger partial charge in [0.2, 0.25) is 0 Å². The molecule has 2 rings (SSSR count). The number of aliphatic hydroxyl groups is 1. The smallest absolute Gasteiger partial charge is 0.191 e. The Hall–Kier alpha value is -0.550. The van der Waals surface area contributed by atoms with Crippen LogP contribution in [0.2, 0.25) is 0 Å². The zero-order chi connectivity index (χ0) is 11.5. The molecule has 0 radical (unpaired) electrons. The molecule has 5 heteroatoms. The molecule has 1 aromatic heterocycles. The molecular formula is C11H19N3OS. The normalized spacial score (nSPS) is 19.9. The average molecular weight is 241 g/mol. The SMILES string of the molecule is CC(O)C(C)Sc1nnc2n1CCCCC2. The molecule has 0 spiro atoms. The van der Waals surface area contributed by atoms with Crippen molar-refractivity contribution in [2.75, 3.05) is 0 Å². The molecule has 90 valence electrons. The van der Waals surface area contributed by atoms with Gasteiger partial charge in [-0.1, -0.05) is 25.1 Å². The number of hydrogen-bond donors (Lipinski definition) is 1. The van der Waals surface area contributed by atoms with Crippen molar-refractivity contribution in [2.24, 2.45) is 0 Å². The molecule has 0 bridgehead atoms. The number of nitrogens with zero attached hydrogens (tertiary/aromatic N) is 3. The van der Waals surface area contributed by atoms with E-state index >= 15 is 0 Å². The second-order valence-electron chi connectivity index (χ2n) is 4.42. The summed E-state index contributed by atoms with van der Waals surface area (Å²) in [6, 6.07) is 0. The Morgan fingerprint density at radius 2 is 2.06 bits per heavy atom. The number of rotatable bonds is 3. The van der Waals surface area contributed by atoms with Crippen LogP contribution in [-0.2, 0) is 13.0 Å². The van der Waals surface area contributed by atoms with Crippen LogP contribution >= 0.6 is 11.8 Å². The van der Waals surface area contributed by atoms with Crippen LogP contribution in [0.1, 0.15) is 38.9 Å². The predicted molar refractivity (Wildman–Crippen MR) is 64.6 cm³/mol. The number of aromatic nitrogens is 3. The molecule has 2 heterocycles. The molecule has 0 aliphatic carbocycles. The first-order valence-corrected chi connectivity index (χ1v) is 6.83. The van der Waals surface area contributed by atoms with Crippen molar-refractivity contribution in [3.8, 4) is 0 Å². The molecule has 4 nitrogen and oxygen atoms in total. The van der Waals surface area contributed by atoms with E-state index in [1.54, 1.807) is 11.8 Å². The van der Waals surface area contributed by atoms with Gasteiger partial charge in [0.05, 0.1) is 6.10 Å². The van der Waals surface area contributed by atoms with E-state index in [1.807, 2.05) is 13.8 Å². The Kier molecular flexibility index (Phi) is 3.86. The molecule has 0 fully saturated rings. The Labute approximate surface area is 100 Å². The number of hydrogen-bond acceptors (Lipinski definition) is 4. The third kappa shape index (κ3) is 2.58. The summed E-state index contributed by atoms with van der Waals surface area (Å²) in [7, 11) is 0. The third-order valence-corrected chi connectivity index (χ3v) is 4.32. The summed E-state index contributed by atoms with van der Waals surface area (Å²) >= 11 is 1.62. The maximum absolute atomic E-state index is 9.50. The fourth-order valence-corrected chi connectivity index (χ4v) is 2.75. The standard InChI is InChI=1S/C11H19N3OS/c1-8(15)9(2)16-11-13-12-10-6-4-3-5-7-14(10)11/h8-9,15H,3-7H2,1-2H3. The Morgan fingerprint density at radius 1 is 1.25 bits per heavy atom. The van der Waals surface area contributed by atoms with Crippen LogP contribution in [0.4, 0.5) is 0 Å². The van der Waals surface area contributed by atoms with E-state index in [0.717, 1.165) is 23.9 Å². The highest BCUT2D eigenvalue weighted by Crippen LogP contribution is 2.26.